The lowest BCUT2D eigenvalue weighted by Crippen LogP contribution is -2.57. The number of primary amides is 1. The first-order chi connectivity index (χ1) is 13.6. The molecule has 0 fully saturated rings. The van der Waals surface area contributed by atoms with Gasteiger partial charge in [0.2, 0.25) is 23.6 Å². The number of aliphatic carboxylic acids is 1. The van der Waals surface area contributed by atoms with E-state index >= 15 is 0 Å². The lowest BCUT2D eigenvalue weighted by molar-refractivity contribution is -0.144. The predicted octanol–water partition coefficient (Wildman–Crippen LogP) is -1.84. The molecule has 29 heavy (non-hydrogen) atoms. The van der Waals surface area contributed by atoms with Gasteiger partial charge in [0.05, 0.1) is 13.0 Å². The van der Waals surface area contributed by atoms with Crippen molar-refractivity contribution in [3.8, 4) is 0 Å². The van der Waals surface area contributed by atoms with Gasteiger partial charge in [0.15, 0.2) is 0 Å². The molecule has 8 N–H and O–H groups in total. The van der Waals surface area contributed by atoms with E-state index < -0.39 is 54.1 Å². The summed E-state index contributed by atoms with van der Waals surface area (Å²) in [6.07, 6.45) is 2.06. The fourth-order valence-electron chi connectivity index (χ4n) is 2.38. The zero-order chi connectivity index (χ0) is 22.6. The van der Waals surface area contributed by atoms with Gasteiger partial charge in [0, 0.05) is 0 Å². The maximum Gasteiger partial charge on any atom is 0.326 e. The number of carbonyl (C=O) groups excluding carboxylic acids is 4. The number of carbonyl (C=O) groups is 5. The van der Waals surface area contributed by atoms with Gasteiger partial charge in [-0.2, -0.15) is 11.8 Å². The fraction of sp³-hybridized carbons (Fsp3) is 0.706. The molecule has 0 aromatic carbocycles. The Kier molecular flexibility index (Phi) is 12.7. The van der Waals surface area contributed by atoms with Gasteiger partial charge in [-0.05, 0) is 24.3 Å². The van der Waals surface area contributed by atoms with E-state index in [0.717, 1.165) is 0 Å². The van der Waals surface area contributed by atoms with Gasteiger partial charge >= 0.3 is 5.97 Å². The van der Waals surface area contributed by atoms with E-state index in [1.54, 1.807) is 13.8 Å². The number of amides is 4. The molecule has 0 heterocycles. The molecule has 0 rings (SSSR count). The second-order valence-corrected chi connectivity index (χ2v) is 7.53. The lowest BCUT2D eigenvalue weighted by Gasteiger charge is -2.25. The van der Waals surface area contributed by atoms with E-state index in [2.05, 4.69) is 16.0 Å². The molecular weight excluding hydrogens is 402 g/mol. The van der Waals surface area contributed by atoms with E-state index in [9.17, 15) is 29.1 Å². The summed E-state index contributed by atoms with van der Waals surface area (Å²) in [7, 11) is 0. The molecule has 0 saturated heterocycles. The van der Waals surface area contributed by atoms with Crippen LogP contribution in [0.25, 0.3) is 0 Å². The molecular formula is C17H31N5O6S. The summed E-state index contributed by atoms with van der Waals surface area (Å²) < 4.78 is 0. The average Bonchev–Trinajstić information content (AvgIpc) is 2.66. The highest BCUT2D eigenvalue weighted by atomic mass is 32.2. The van der Waals surface area contributed by atoms with Crippen molar-refractivity contribution in [1.82, 2.24) is 16.0 Å². The van der Waals surface area contributed by atoms with Crippen molar-refractivity contribution < 1.29 is 29.1 Å². The van der Waals surface area contributed by atoms with Gasteiger partial charge in [-0.3, -0.25) is 19.2 Å². The van der Waals surface area contributed by atoms with Crippen molar-refractivity contribution in [3.05, 3.63) is 0 Å². The molecule has 166 valence electrons. The molecule has 0 bridgehead atoms. The van der Waals surface area contributed by atoms with Crippen LogP contribution in [-0.2, 0) is 24.0 Å². The van der Waals surface area contributed by atoms with E-state index in [1.807, 2.05) is 6.26 Å². The van der Waals surface area contributed by atoms with Crippen LogP contribution in [0.2, 0.25) is 0 Å². The summed E-state index contributed by atoms with van der Waals surface area (Å²) in [4.78, 5) is 59.5. The molecule has 4 unspecified atom stereocenters. The number of hydrogen-bond acceptors (Lipinski definition) is 7. The smallest absolute Gasteiger partial charge is 0.326 e. The van der Waals surface area contributed by atoms with E-state index in [0.29, 0.717) is 12.2 Å². The van der Waals surface area contributed by atoms with Crippen molar-refractivity contribution in [2.24, 2.45) is 17.4 Å². The minimum Gasteiger partial charge on any atom is -0.480 e. The zero-order valence-electron chi connectivity index (χ0n) is 16.9. The first-order valence-corrected chi connectivity index (χ1v) is 10.6. The van der Waals surface area contributed by atoms with Crippen LogP contribution in [0.15, 0.2) is 0 Å². The monoisotopic (exact) mass is 433 g/mol. The van der Waals surface area contributed by atoms with E-state index in [4.69, 9.17) is 11.5 Å². The van der Waals surface area contributed by atoms with Crippen molar-refractivity contribution >= 4 is 41.4 Å². The van der Waals surface area contributed by atoms with Gasteiger partial charge < -0.3 is 32.5 Å². The topological polar surface area (TPSA) is 194 Å². The average molecular weight is 434 g/mol. The number of nitrogens with two attached hydrogens (primary N) is 2. The molecule has 0 aliphatic rings. The summed E-state index contributed by atoms with van der Waals surface area (Å²) in [5.41, 5.74) is 10.4. The molecule has 0 aliphatic heterocycles. The molecule has 12 heteroatoms. The molecule has 4 atom stereocenters. The number of carboxylic acids is 1. The van der Waals surface area contributed by atoms with Crippen LogP contribution in [0, 0.1) is 5.92 Å². The summed E-state index contributed by atoms with van der Waals surface area (Å²) in [6, 6.07) is -3.53. The summed E-state index contributed by atoms with van der Waals surface area (Å²) >= 11 is 1.45. The second-order valence-electron chi connectivity index (χ2n) is 6.55. The largest absolute Gasteiger partial charge is 0.480 e. The molecule has 0 spiro atoms. The van der Waals surface area contributed by atoms with Gasteiger partial charge in [0.1, 0.15) is 18.1 Å². The zero-order valence-corrected chi connectivity index (χ0v) is 17.7. The number of nitrogens with one attached hydrogen (secondary N) is 3. The Hall–Kier alpha value is -2.34. The van der Waals surface area contributed by atoms with Crippen LogP contribution in [0.3, 0.4) is 0 Å². The van der Waals surface area contributed by atoms with Crippen molar-refractivity contribution in [2.75, 3.05) is 18.6 Å². The number of hydrogen-bond donors (Lipinski definition) is 6. The number of carboxylic acid groups (broad SMARTS) is 1. The normalized spacial score (nSPS) is 14.8. The standard InChI is InChI=1S/C17H31N5O6S/c1-4-9(2)14(17(27)28)22-16(26)11(7-12(19)23)21-15(25)10(5-6-29-3)20-13(24)8-18/h9-11,14H,4-8,18H2,1-3H3,(H2,19,23)(H,20,24)(H,21,25)(H,22,26)(H,27,28). The second kappa shape index (κ2) is 13.8. The first kappa shape index (κ1) is 26.7. The quantitative estimate of drug-likeness (QED) is 0.184. The minimum absolute atomic E-state index is 0.272. The van der Waals surface area contributed by atoms with Crippen LogP contribution in [-0.4, -0.2) is 71.4 Å². The Morgan fingerprint density at radius 2 is 1.62 bits per heavy atom. The maximum atomic E-state index is 12.6. The Bertz CT molecular complexity index is 603. The van der Waals surface area contributed by atoms with Crippen LogP contribution < -0.4 is 27.4 Å². The van der Waals surface area contributed by atoms with Crippen molar-refractivity contribution in [2.45, 2.75) is 51.2 Å². The Morgan fingerprint density at radius 1 is 1.03 bits per heavy atom. The summed E-state index contributed by atoms with van der Waals surface area (Å²) in [5.74, 6) is -4.01. The van der Waals surface area contributed by atoms with Crippen molar-refractivity contribution in [3.63, 3.8) is 0 Å². The Morgan fingerprint density at radius 3 is 2.07 bits per heavy atom. The number of thioether (sulfide) groups is 1. The maximum absolute atomic E-state index is 12.6. The Labute approximate surface area is 174 Å². The van der Waals surface area contributed by atoms with Gasteiger partial charge in [0.25, 0.3) is 0 Å². The van der Waals surface area contributed by atoms with E-state index in [-0.39, 0.29) is 18.9 Å². The third-order valence-electron chi connectivity index (χ3n) is 4.26. The highest BCUT2D eigenvalue weighted by Gasteiger charge is 2.32. The summed E-state index contributed by atoms with van der Waals surface area (Å²) in [5, 5.41) is 16.5. The number of rotatable bonds is 14. The molecule has 0 aromatic rings. The molecule has 11 nitrogen and oxygen atoms in total. The molecule has 0 saturated carbocycles. The van der Waals surface area contributed by atoms with Crippen LogP contribution >= 0.6 is 11.8 Å². The van der Waals surface area contributed by atoms with Gasteiger partial charge in [-0.25, -0.2) is 4.79 Å². The lowest BCUT2D eigenvalue weighted by atomic mass is 9.98. The van der Waals surface area contributed by atoms with Crippen LogP contribution in [0.1, 0.15) is 33.1 Å². The SMILES string of the molecule is CCC(C)C(NC(=O)C(CC(N)=O)NC(=O)C(CCSC)NC(=O)CN)C(=O)O. The predicted molar refractivity (Wildman–Crippen MR) is 109 cm³/mol. The van der Waals surface area contributed by atoms with Crippen molar-refractivity contribution in [1.29, 1.82) is 0 Å². The summed E-state index contributed by atoms with van der Waals surface area (Å²) in [6.45, 7) is 3.11. The minimum atomic E-state index is -1.38. The van der Waals surface area contributed by atoms with Crippen LogP contribution in [0.5, 0.6) is 0 Å². The van der Waals surface area contributed by atoms with Crippen LogP contribution in [0.4, 0.5) is 0 Å². The highest BCUT2D eigenvalue weighted by Crippen LogP contribution is 2.09. The third-order valence-corrected chi connectivity index (χ3v) is 4.91. The molecule has 0 radical (unpaired) electrons. The molecule has 0 aliphatic carbocycles. The third kappa shape index (κ3) is 10.1. The fourth-order valence-corrected chi connectivity index (χ4v) is 2.85. The van der Waals surface area contributed by atoms with Gasteiger partial charge in [-0.15, -0.1) is 0 Å². The van der Waals surface area contributed by atoms with Gasteiger partial charge in [-0.1, -0.05) is 20.3 Å². The molecule has 0 aromatic heterocycles. The first-order valence-electron chi connectivity index (χ1n) is 9.17. The Balaban J connectivity index is 5.38. The van der Waals surface area contributed by atoms with E-state index in [1.165, 1.54) is 11.8 Å². The molecule has 4 amide bonds. The highest BCUT2D eigenvalue weighted by molar-refractivity contribution is 7.98.